The molecule has 1 aromatic rings. The summed E-state index contributed by atoms with van der Waals surface area (Å²) in [5, 5.41) is 0.419. The van der Waals surface area contributed by atoms with Gasteiger partial charge in [-0.25, -0.2) is 0 Å². The fourth-order valence-electron chi connectivity index (χ4n) is 1.03. The largest absolute Gasteiger partial charge is 0.466 e. The lowest BCUT2D eigenvalue weighted by Gasteiger charge is -2.08. The van der Waals surface area contributed by atoms with Gasteiger partial charge >= 0.3 is 0 Å². The number of halogens is 1. The van der Waals surface area contributed by atoms with E-state index in [1.807, 2.05) is 6.92 Å². The number of rotatable bonds is 5. The molecule has 0 aliphatic rings. The summed E-state index contributed by atoms with van der Waals surface area (Å²) in [4.78, 5) is 11.0. The maximum absolute atomic E-state index is 11.0. The van der Waals surface area contributed by atoms with Crippen molar-refractivity contribution in [2.24, 2.45) is 0 Å². The molecule has 1 aromatic carbocycles. The van der Waals surface area contributed by atoms with Crippen LogP contribution in [0.5, 0.6) is 5.75 Å². The third-order valence-corrected chi connectivity index (χ3v) is 2.14. The Morgan fingerprint density at radius 3 is 2.73 bits per heavy atom. The van der Waals surface area contributed by atoms with Crippen LogP contribution in [-0.2, 0) is 4.74 Å². The summed E-state index contributed by atoms with van der Waals surface area (Å²) in [7, 11) is 0. The molecule has 0 aliphatic carbocycles. The highest BCUT2D eigenvalue weighted by Crippen LogP contribution is 2.25. The number of carbonyl (C=O) groups excluding carboxylic acids is 1. The van der Waals surface area contributed by atoms with Crippen LogP contribution in [0.1, 0.15) is 24.2 Å². The van der Waals surface area contributed by atoms with Crippen molar-refractivity contribution in [2.75, 3.05) is 13.4 Å². The first-order valence-electron chi connectivity index (χ1n) is 4.66. The van der Waals surface area contributed by atoms with Crippen molar-refractivity contribution in [1.29, 1.82) is 0 Å². The van der Waals surface area contributed by atoms with Crippen molar-refractivity contribution in [1.82, 2.24) is 0 Å². The Morgan fingerprint density at radius 1 is 1.47 bits per heavy atom. The van der Waals surface area contributed by atoms with Gasteiger partial charge in [0, 0.05) is 12.2 Å². The highest BCUT2D eigenvalue weighted by Gasteiger charge is 2.05. The number of benzene rings is 1. The van der Waals surface area contributed by atoms with Gasteiger partial charge in [-0.05, 0) is 32.0 Å². The quantitative estimate of drug-likeness (QED) is 0.442. The van der Waals surface area contributed by atoms with Gasteiger partial charge in [-0.2, -0.15) is 0 Å². The van der Waals surface area contributed by atoms with Gasteiger partial charge in [0.2, 0.25) is 0 Å². The maximum atomic E-state index is 11.0. The van der Waals surface area contributed by atoms with Crippen molar-refractivity contribution in [3.8, 4) is 5.75 Å². The molecule has 1 rings (SSSR count). The first-order valence-corrected chi connectivity index (χ1v) is 5.04. The molecule has 0 amide bonds. The van der Waals surface area contributed by atoms with Gasteiger partial charge in [0.1, 0.15) is 5.75 Å². The Hall–Kier alpha value is -1.06. The van der Waals surface area contributed by atoms with Crippen LogP contribution in [0.3, 0.4) is 0 Å². The van der Waals surface area contributed by atoms with Gasteiger partial charge in [0.15, 0.2) is 12.6 Å². The lowest BCUT2D eigenvalue weighted by molar-refractivity contribution is 0.0225. The lowest BCUT2D eigenvalue weighted by atomic mass is 10.1. The first-order chi connectivity index (χ1) is 7.15. The molecule has 0 saturated heterocycles. The monoisotopic (exact) mass is 228 g/mol. The average molecular weight is 229 g/mol. The summed E-state index contributed by atoms with van der Waals surface area (Å²) >= 11 is 5.92. The van der Waals surface area contributed by atoms with Crippen LogP contribution < -0.4 is 4.74 Å². The maximum Gasteiger partial charge on any atom is 0.189 e. The number of hydrogen-bond donors (Lipinski definition) is 0. The van der Waals surface area contributed by atoms with Gasteiger partial charge in [-0.3, -0.25) is 4.79 Å². The minimum absolute atomic E-state index is 0.0201. The number of ether oxygens (including phenoxy) is 2. The van der Waals surface area contributed by atoms with E-state index in [4.69, 9.17) is 21.1 Å². The SMILES string of the molecule is CCOCOc1ccc(C(C)=O)cc1Cl. The molecule has 4 heteroatoms. The second kappa shape index (κ2) is 5.73. The molecule has 0 radical (unpaired) electrons. The van der Waals surface area contributed by atoms with E-state index < -0.39 is 0 Å². The van der Waals surface area contributed by atoms with Gasteiger partial charge in [-0.15, -0.1) is 0 Å². The van der Waals surface area contributed by atoms with E-state index >= 15 is 0 Å². The van der Waals surface area contributed by atoms with Crippen LogP contribution in [0.2, 0.25) is 5.02 Å². The van der Waals surface area contributed by atoms with Crippen LogP contribution in [0.15, 0.2) is 18.2 Å². The number of Topliss-reactive ketones (excluding diaryl/α,β-unsaturated/α-hetero) is 1. The van der Waals surface area contributed by atoms with Gasteiger partial charge in [0.05, 0.1) is 5.02 Å². The molecule has 0 unspecified atom stereocenters. The molecule has 0 aromatic heterocycles. The fraction of sp³-hybridized carbons (Fsp3) is 0.364. The highest BCUT2D eigenvalue weighted by molar-refractivity contribution is 6.32. The van der Waals surface area contributed by atoms with E-state index in [0.29, 0.717) is 22.9 Å². The zero-order valence-corrected chi connectivity index (χ0v) is 9.50. The molecule has 0 aliphatic heterocycles. The van der Waals surface area contributed by atoms with Crippen molar-refractivity contribution >= 4 is 17.4 Å². The summed E-state index contributed by atoms with van der Waals surface area (Å²) in [6.45, 7) is 4.12. The fourth-order valence-corrected chi connectivity index (χ4v) is 1.26. The van der Waals surface area contributed by atoms with Crippen LogP contribution >= 0.6 is 11.6 Å². The minimum Gasteiger partial charge on any atom is -0.466 e. The molecule has 82 valence electrons. The summed E-state index contributed by atoms with van der Waals surface area (Å²) in [5.41, 5.74) is 0.573. The molecule has 0 bridgehead atoms. The summed E-state index contributed by atoms with van der Waals surface area (Å²) < 4.78 is 10.3. The van der Waals surface area contributed by atoms with Crippen LogP contribution in [-0.4, -0.2) is 19.2 Å². The van der Waals surface area contributed by atoms with E-state index in [2.05, 4.69) is 0 Å². The van der Waals surface area contributed by atoms with Crippen LogP contribution in [0.25, 0.3) is 0 Å². The molecule has 0 N–H and O–H groups in total. The first kappa shape index (κ1) is 12.0. The molecule has 0 fully saturated rings. The summed E-state index contributed by atoms with van der Waals surface area (Å²) in [5.74, 6) is 0.503. The number of hydrogen-bond acceptors (Lipinski definition) is 3. The Balaban J connectivity index is 2.70. The number of ketones is 1. The van der Waals surface area contributed by atoms with E-state index in [0.717, 1.165) is 0 Å². The topological polar surface area (TPSA) is 35.5 Å². The third-order valence-electron chi connectivity index (χ3n) is 1.84. The van der Waals surface area contributed by atoms with Crippen molar-refractivity contribution < 1.29 is 14.3 Å². The minimum atomic E-state index is -0.0201. The summed E-state index contributed by atoms with van der Waals surface area (Å²) in [6.07, 6.45) is 0. The smallest absolute Gasteiger partial charge is 0.189 e. The number of carbonyl (C=O) groups is 1. The molecule has 0 heterocycles. The molecule has 0 spiro atoms. The molecular formula is C11H13ClO3. The van der Waals surface area contributed by atoms with Crippen molar-refractivity contribution in [2.45, 2.75) is 13.8 Å². The molecular weight excluding hydrogens is 216 g/mol. The highest BCUT2D eigenvalue weighted by atomic mass is 35.5. The van der Waals surface area contributed by atoms with Crippen molar-refractivity contribution in [3.63, 3.8) is 0 Å². The van der Waals surface area contributed by atoms with E-state index in [-0.39, 0.29) is 12.6 Å². The normalized spacial score (nSPS) is 10.1. The zero-order chi connectivity index (χ0) is 11.3. The molecule has 15 heavy (non-hydrogen) atoms. The molecule has 3 nitrogen and oxygen atoms in total. The van der Waals surface area contributed by atoms with Crippen LogP contribution in [0, 0.1) is 0 Å². The zero-order valence-electron chi connectivity index (χ0n) is 8.75. The Bertz CT molecular complexity index is 350. The Morgan fingerprint density at radius 2 is 2.20 bits per heavy atom. The van der Waals surface area contributed by atoms with E-state index in [1.54, 1.807) is 18.2 Å². The predicted molar refractivity (Wildman–Crippen MR) is 58.6 cm³/mol. The van der Waals surface area contributed by atoms with Crippen LogP contribution in [0.4, 0.5) is 0 Å². The second-order valence-electron chi connectivity index (χ2n) is 2.96. The van der Waals surface area contributed by atoms with Crippen molar-refractivity contribution in [3.05, 3.63) is 28.8 Å². The molecule has 0 atom stereocenters. The summed E-state index contributed by atoms with van der Waals surface area (Å²) in [6, 6.07) is 4.93. The predicted octanol–water partition coefficient (Wildman–Crippen LogP) is 2.92. The average Bonchev–Trinajstić information content (AvgIpc) is 2.20. The molecule has 0 saturated carbocycles. The second-order valence-corrected chi connectivity index (χ2v) is 3.36. The standard InChI is InChI=1S/C11H13ClO3/c1-3-14-7-15-11-5-4-9(8(2)13)6-10(11)12/h4-6H,3,7H2,1-2H3. The Labute approximate surface area is 93.9 Å². The van der Waals surface area contributed by atoms with E-state index in [1.165, 1.54) is 6.92 Å². The van der Waals surface area contributed by atoms with E-state index in [9.17, 15) is 4.79 Å². The Kier molecular flexibility index (Phi) is 4.59. The lowest BCUT2D eigenvalue weighted by Crippen LogP contribution is -2.03. The van der Waals surface area contributed by atoms with Gasteiger partial charge < -0.3 is 9.47 Å². The van der Waals surface area contributed by atoms with Gasteiger partial charge in [0.25, 0.3) is 0 Å². The third kappa shape index (κ3) is 3.53. The van der Waals surface area contributed by atoms with Gasteiger partial charge in [-0.1, -0.05) is 11.6 Å².